The standard InChI is InChI=1S/C58H96O25/c1-24-34(63)39(68)42(71)48(76-24)81-44-37(66)27(20-60)78-51(46(44)83-47-41(70)35(64)25(61)21-73-47)79-28-22-74-50(45(38(28)67)82-49-43(72)40(69)36(65)26(19-59)77-49)80-33-11-12-54(6)29(53(33,4)5)9-13-55(7)30(54)10-14-58-31-17-52(2,3)15-16-57(31,23-75-58)32(62)18-56(55,58)8/h24-51,59-72H,9-23H2,1-8H3/t24-,25+,26+,27+,28-,29-,30+,31+,32+,33-,34-,35-,36+,37-,38-,39+,40-,41+,42+,43+,44-,45+,46+,47-,48-,49-,50-,51-,54-,55+,56-,57+,58-/m0/s1. The summed E-state index contributed by atoms with van der Waals surface area (Å²) >= 11 is 0. The molecule has 25 heteroatoms. The smallest absolute Gasteiger partial charge is 0.187 e. The molecule has 83 heavy (non-hydrogen) atoms. The van der Waals surface area contributed by atoms with Gasteiger partial charge in [-0.15, -0.1) is 0 Å². The third kappa shape index (κ3) is 9.99. The van der Waals surface area contributed by atoms with Crippen molar-refractivity contribution in [2.75, 3.05) is 33.0 Å². The lowest BCUT2D eigenvalue weighted by atomic mass is 9.30. The summed E-state index contributed by atoms with van der Waals surface area (Å²) < 4.78 is 69.1. The first kappa shape index (κ1) is 63.6. The van der Waals surface area contributed by atoms with Gasteiger partial charge >= 0.3 is 0 Å². The highest BCUT2D eigenvalue weighted by Crippen LogP contribution is 2.80. The Morgan fingerprint density at radius 2 is 1.07 bits per heavy atom. The molecule has 6 heterocycles. The van der Waals surface area contributed by atoms with E-state index in [1.54, 1.807) is 0 Å². The van der Waals surface area contributed by atoms with E-state index in [1.807, 2.05) is 0 Å². The van der Waals surface area contributed by atoms with Gasteiger partial charge in [-0.05, 0) is 111 Å². The molecule has 478 valence electrons. The van der Waals surface area contributed by atoms with E-state index in [0.29, 0.717) is 19.4 Å². The first-order valence-corrected chi connectivity index (χ1v) is 30.4. The molecule has 11 fully saturated rings. The number of aliphatic hydroxyl groups is 14. The van der Waals surface area contributed by atoms with Crippen molar-refractivity contribution in [2.24, 2.45) is 50.2 Å². The highest BCUT2D eigenvalue weighted by Gasteiger charge is 2.80. The zero-order valence-electron chi connectivity index (χ0n) is 49.0. The third-order valence-electron chi connectivity index (χ3n) is 23.9. The first-order valence-electron chi connectivity index (χ1n) is 30.4. The van der Waals surface area contributed by atoms with Gasteiger partial charge in [-0.3, -0.25) is 0 Å². The topological polar surface area (TPSA) is 385 Å². The summed E-state index contributed by atoms with van der Waals surface area (Å²) in [5.74, 6) is 0.690. The maximum Gasteiger partial charge on any atom is 0.187 e. The van der Waals surface area contributed by atoms with Crippen LogP contribution in [-0.2, 0) is 52.1 Å². The predicted octanol–water partition coefficient (Wildman–Crippen LogP) is -2.22. The molecule has 11 rings (SSSR count). The van der Waals surface area contributed by atoms with Crippen LogP contribution in [0.3, 0.4) is 0 Å². The molecule has 0 amide bonds. The van der Waals surface area contributed by atoms with Gasteiger partial charge < -0.3 is 124 Å². The first-order chi connectivity index (χ1) is 38.9. The fourth-order valence-electron chi connectivity index (χ4n) is 18.8. The van der Waals surface area contributed by atoms with Crippen molar-refractivity contribution in [2.45, 2.75) is 279 Å². The Balaban J connectivity index is 0.866. The molecule has 0 unspecified atom stereocenters. The zero-order chi connectivity index (χ0) is 60.1. The predicted molar refractivity (Wildman–Crippen MR) is 281 cm³/mol. The average Bonchev–Trinajstić information content (AvgIpc) is 2.00. The molecule has 0 radical (unpaired) electrons. The van der Waals surface area contributed by atoms with Gasteiger partial charge in [-0.2, -0.15) is 0 Å². The normalized spacial score (nSPS) is 57.6. The van der Waals surface area contributed by atoms with Gasteiger partial charge in [0, 0.05) is 10.8 Å². The van der Waals surface area contributed by atoms with Gasteiger partial charge in [-0.1, -0.05) is 48.5 Å². The number of hydrogen-bond donors (Lipinski definition) is 14. The largest absolute Gasteiger partial charge is 0.394 e. The van der Waals surface area contributed by atoms with E-state index in [1.165, 1.54) is 6.92 Å². The van der Waals surface area contributed by atoms with Crippen molar-refractivity contribution in [3.8, 4) is 0 Å². The molecule has 11 aliphatic rings. The quantitative estimate of drug-likeness (QED) is 0.0921. The second-order valence-electron chi connectivity index (χ2n) is 29.0. The minimum atomic E-state index is -1.93. The molecule has 1 spiro atoms. The lowest BCUT2D eigenvalue weighted by molar-refractivity contribution is -0.404. The number of hydrogen-bond acceptors (Lipinski definition) is 25. The van der Waals surface area contributed by atoms with Crippen LogP contribution in [-0.4, -0.2) is 264 Å². The summed E-state index contributed by atoms with van der Waals surface area (Å²) in [7, 11) is 0. The minimum Gasteiger partial charge on any atom is -0.394 e. The maximum atomic E-state index is 12.7. The molecule has 14 N–H and O–H groups in total. The van der Waals surface area contributed by atoms with Crippen molar-refractivity contribution in [1.82, 2.24) is 0 Å². The highest BCUT2D eigenvalue weighted by atomic mass is 16.8. The van der Waals surface area contributed by atoms with Crippen molar-refractivity contribution in [3.05, 3.63) is 0 Å². The summed E-state index contributed by atoms with van der Waals surface area (Å²) in [6.45, 7) is 15.8. The van der Waals surface area contributed by atoms with Crippen molar-refractivity contribution in [1.29, 1.82) is 0 Å². The van der Waals surface area contributed by atoms with E-state index in [-0.39, 0.29) is 50.4 Å². The lowest BCUT2D eigenvalue weighted by Crippen LogP contribution is -2.74. The number of aliphatic hydroxyl groups excluding tert-OH is 14. The van der Waals surface area contributed by atoms with Crippen LogP contribution >= 0.6 is 0 Å². The molecule has 5 aliphatic carbocycles. The molecule has 0 aromatic heterocycles. The molecule has 6 aliphatic heterocycles. The van der Waals surface area contributed by atoms with E-state index in [4.69, 9.17) is 52.1 Å². The fourth-order valence-corrected chi connectivity index (χ4v) is 18.8. The summed E-state index contributed by atoms with van der Waals surface area (Å²) in [6.07, 6.45) is -31.5. The molecule has 33 atom stereocenters. The Morgan fingerprint density at radius 1 is 0.470 bits per heavy atom. The van der Waals surface area contributed by atoms with E-state index >= 15 is 0 Å². The Kier molecular flexibility index (Phi) is 17.4. The fraction of sp³-hybridized carbons (Fsp3) is 1.00. The van der Waals surface area contributed by atoms with Crippen LogP contribution in [0, 0.1) is 50.2 Å². The van der Waals surface area contributed by atoms with Crippen LogP contribution < -0.4 is 0 Å². The highest BCUT2D eigenvalue weighted by molar-refractivity contribution is 5.28. The maximum absolute atomic E-state index is 12.7. The Bertz CT molecular complexity index is 2270. The van der Waals surface area contributed by atoms with E-state index < -0.39 is 185 Å². The van der Waals surface area contributed by atoms with Crippen LogP contribution in [0.25, 0.3) is 0 Å². The van der Waals surface area contributed by atoms with E-state index in [2.05, 4.69) is 48.5 Å². The van der Waals surface area contributed by atoms with Crippen molar-refractivity contribution < 1.29 is 124 Å². The van der Waals surface area contributed by atoms with E-state index in [9.17, 15) is 71.5 Å². The second kappa shape index (κ2) is 22.7. The van der Waals surface area contributed by atoms with Gasteiger partial charge in [0.1, 0.15) is 104 Å². The number of fused-ring (bicyclic) bond motifs is 4. The summed E-state index contributed by atoms with van der Waals surface area (Å²) in [5.41, 5.74) is -1.55. The summed E-state index contributed by atoms with van der Waals surface area (Å²) in [4.78, 5) is 0. The molecule has 0 aromatic carbocycles. The van der Waals surface area contributed by atoms with Crippen molar-refractivity contribution in [3.63, 3.8) is 0 Å². The van der Waals surface area contributed by atoms with Gasteiger partial charge in [0.05, 0.1) is 56.9 Å². The molecule has 6 saturated heterocycles. The minimum absolute atomic E-state index is 0.127. The monoisotopic (exact) mass is 1190 g/mol. The molecule has 25 nitrogen and oxygen atoms in total. The van der Waals surface area contributed by atoms with Crippen LogP contribution in [0.2, 0.25) is 0 Å². The van der Waals surface area contributed by atoms with Gasteiger partial charge in [0.25, 0.3) is 0 Å². The second-order valence-corrected chi connectivity index (χ2v) is 29.0. The molecular formula is C58H96O25. The molecule has 0 aromatic rings. The van der Waals surface area contributed by atoms with Crippen LogP contribution in [0.4, 0.5) is 0 Å². The number of ether oxygens (including phenoxy) is 11. The van der Waals surface area contributed by atoms with Crippen LogP contribution in [0.15, 0.2) is 0 Å². The lowest BCUT2D eigenvalue weighted by Gasteiger charge is -2.75. The summed E-state index contributed by atoms with van der Waals surface area (Å²) in [5, 5.41) is 155. The molecule has 5 saturated carbocycles. The SMILES string of the molecule is C[C@@H]1O[C@@H](O[C@H]2[C@@H](O)[C@@H](CO)O[C@@H](O[C@H]3CO[C@@H](O[C@H]4CC[C@]5(C)[C@H]6CC[C@]78OC[C@@]9(CCC(C)(C)C[C@H]97)[C@H](O)C[C@@]8(C)[C@]6(C)CC[C@H]5C4(C)C)[C@H](O[C@@H]4O[C@H](CO)[C@@H](O)[C@H](O)[C@H]4O)[C@H]3O)[C@@H]2O[C@@H]2OC[C@@H](O)[C@H](O)[C@H]2O)[C@H](O)[C@H](O)[C@H]1O. The Morgan fingerprint density at radius 3 is 1.77 bits per heavy atom. The Labute approximate surface area is 484 Å². The third-order valence-corrected chi connectivity index (χ3v) is 23.9. The zero-order valence-corrected chi connectivity index (χ0v) is 49.0. The van der Waals surface area contributed by atoms with Gasteiger partial charge in [0.2, 0.25) is 0 Å². The van der Waals surface area contributed by atoms with Crippen LogP contribution in [0.1, 0.15) is 120 Å². The average molecular weight is 1190 g/mol. The summed E-state index contributed by atoms with van der Waals surface area (Å²) in [6, 6.07) is 0. The van der Waals surface area contributed by atoms with Gasteiger partial charge in [0.15, 0.2) is 31.5 Å². The van der Waals surface area contributed by atoms with Crippen molar-refractivity contribution >= 4 is 0 Å². The molecule has 2 bridgehead atoms. The van der Waals surface area contributed by atoms with Crippen LogP contribution in [0.5, 0.6) is 0 Å². The number of rotatable bonds is 12. The molecular weight excluding hydrogens is 1100 g/mol. The van der Waals surface area contributed by atoms with E-state index in [0.717, 1.165) is 51.4 Å². The Hall–Kier alpha value is -1.00. The van der Waals surface area contributed by atoms with Gasteiger partial charge in [-0.25, -0.2) is 0 Å².